The molecule has 5 nitrogen and oxygen atoms in total. The summed E-state index contributed by atoms with van der Waals surface area (Å²) in [5.41, 5.74) is 0. The molecule has 0 unspecified atom stereocenters. The maximum Gasteiger partial charge on any atom is 0.109 e. The van der Waals surface area contributed by atoms with E-state index in [0.717, 1.165) is 0 Å². The smallest absolute Gasteiger partial charge is 0.109 e. The van der Waals surface area contributed by atoms with Gasteiger partial charge in [0, 0.05) is 7.11 Å². The molecule has 0 amide bonds. The van der Waals surface area contributed by atoms with Crippen molar-refractivity contribution >= 4 is 0 Å². The number of hydrogen-bond donors (Lipinski definition) is 0. The molecule has 22 heavy (non-hydrogen) atoms. The maximum atomic E-state index is 5.32. The Hall–Kier alpha value is -1.52. The highest BCUT2D eigenvalue weighted by molar-refractivity contribution is 5.00. The van der Waals surface area contributed by atoms with Gasteiger partial charge in [0.25, 0.3) is 0 Å². The molecule has 0 aliphatic carbocycles. The Morgan fingerprint density at radius 1 is 0.545 bits per heavy atom. The van der Waals surface area contributed by atoms with Gasteiger partial charge in [0.2, 0.25) is 0 Å². The Morgan fingerprint density at radius 2 is 1.00 bits per heavy atom. The zero-order valence-corrected chi connectivity index (χ0v) is 13.4. The Morgan fingerprint density at radius 3 is 1.55 bits per heavy atom. The molecule has 0 fully saturated rings. The van der Waals surface area contributed by atoms with Gasteiger partial charge >= 0.3 is 0 Å². The highest BCUT2D eigenvalue weighted by Crippen LogP contribution is 1.81. The van der Waals surface area contributed by atoms with Gasteiger partial charge in [-0.1, -0.05) is 29.6 Å². The van der Waals surface area contributed by atoms with Crippen LogP contribution in [0.1, 0.15) is 6.92 Å². The van der Waals surface area contributed by atoms with Crippen molar-refractivity contribution in [3.63, 3.8) is 0 Å². The Balaban J connectivity index is 3.16. The summed E-state index contributed by atoms with van der Waals surface area (Å²) in [5, 5.41) is 0. The summed E-state index contributed by atoms with van der Waals surface area (Å²) < 4.78 is 25.7. The molecule has 0 aromatic heterocycles. The van der Waals surface area contributed by atoms with Gasteiger partial charge < -0.3 is 23.7 Å². The van der Waals surface area contributed by atoms with Crippen molar-refractivity contribution in [2.24, 2.45) is 0 Å². The van der Waals surface area contributed by atoms with E-state index in [2.05, 4.69) is 35.5 Å². The van der Waals surface area contributed by atoms with Gasteiger partial charge in [-0.25, -0.2) is 0 Å². The van der Waals surface area contributed by atoms with Crippen LogP contribution in [0, 0.1) is 35.5 Å². The minimum absolute atomic E-state index is 0.373. The van der Waals surface area contributed by atoms with Gasteiger partial charge in [-0.05, 0) is 6.92 Å². The summed E-state index contributed by atoms with van der Waals surface area (Å²) in [6, 6.07) is 0. The first kappa shape index (κ1) is 20.5. The third-order valence-electron chi connectivity index (χ3n) is 2.08. The number of rotatable bonds is 11. The topological polar surface area (TPSA) is 46.2 Å². The summed E-state index contributed by atoms with van der Waals surface area (Å²) in [5.74, 6) is 16.8. The van der Waals surface area contributed by atoms with Crippen LogP contribution in [0.3, 0.4) is 0 Å². The normalized spacial score (nSPS) is 9.00. The molecule has 0 heterocycles. The molecule has 0 saturated heterocycles. The Kier molecular flexibility index (Phi) is 18.1. The molecule has 122 valence electrons. The van der Waals surface area contributed by atoms with Gasteiger partial charge in [-0.2, -0.15) is 0 Å². The fourth-order valence-corrected chi connectivity index (χ4v) is 1.09. The van der Waals surface area contributed by atoms with Crippen LogP contribution >= 0.6 is 0 Å². The van der Waals surface area contributed by atoms with E-state index in [1.807, 2.05) is 0 Å². The second kappa shape index (κ2) is 19.5. The molecule has 5 heteroatoms. The first-order valence-electron chi connectivity index (χ1n) is 7.02. The van der Waals surface area contributed by atoms with Crippen LogP contribution in [0.2, 0.25) is 0 Å². The van der Waals surface area contributed by atoms with Gasteiger partial charge in [0.15, 0.2) is 0 Å². The molecule has 0 rings (SSSR count). The van der Waals surface area contributed by atoms with E-state index in [1.54, 1.807) is 14.0 Å². The third kappa shape index (κ3) is 18.5. The van der Waals surface area contributed by atoms with Crippen molar-refractivity contribution in [1.82, 2.24) is 0 Å². The van der Waals surface area contributed by atoms with E-state index in [4.69, 9.17) is 23.7 Å². The summed E-state index contributed by atoms with van der Waals surface area (Å²) in [4.78, 5) is 0. The highest BCUT2D eigenvalue weighted by atomic mass is 16.5. The summed E-state index contributed by atoms with van der Waals surface area (Å²) in [6.45, 7) is 5.81. The van der Waals surface area contributed by atoms with Gasteiger partial charge in [-0.3, -0.25) is 0 Å². The quantitative estimate of drug-likeness (QED) is 0.416. The summed E-state index contributed by atoms with van der Waals surface area (Å²) >= 11 is 0. The van der Waals surface area contributed by atoms with E-state index in [0.29, 0.717) is 59.5 Å². The second-order valence-electron chi connectivity index (χ2n) is 3.78. The summed E-state index contributed by atoms with van der Waals surface area (Å²) in [7, 11) is 1.60. The van der Waals surface area contributed by atoms with Crippen molar-refractivity contribution in [2.45, 2.75) is 6.92 Å². The molecule has 0 N–H and O–H groups in total. The zero-order valence-electron chi connectivity index (χ0n) is 13.4. The fraction of sp³-hybridized carbons (Fsp3) is 0.647. The predicted molar refractivity (Wildman–Crippen MR) is 84.2 cm³/mol. The fourth-order valence-electron chi connectivity index (χ4n) is 1.09. The molecule has 0 atom stereocenters. The minimum atomic E-state index is 0.373. The molecular weight excluding hydrogens is 284 g/mol. The lowest BCUT2D eigenvalue weighted by Crippen LogP contribution is -2.09. The molecule has 0 spiro atoms. The molecule has 0 aliphatic rings. The second-order valence-corrected chi connectivity index (χ2v) is 3.78. The van der Waals surface area contributed by atoms with Crippen molar-refractivity contribution < 1.29 is 23.7 Å². The van der Waals surface area contributed by atoms with E-state index < -0.39 is 0 Å². The van der Waals surface area contributed by atoms with Crippen molar-refractivity contribution in [1.29, 1.82) is 0 Å². The monoisotopic (exact) mass is 308 g/mol. The average molecular weight is 308 g/mol. The lowest BCUT2D eigenvalue weighted by molar-refractivity contribution is 0.0269. The number of ether oxygens (including phenoxy) is 5. The van der Waals surface area contributed by atoms with Crippen LogP contribution in [-0.4, -0.2) is 66.6 Å². The van der Waals surface area contributed by atoms with Crippen LogP contribution in [0.4, 0.5) is 0 Å². The third-order valence-corrected chi connectivity index (χ3v) is 2.08. The van der Waals surface area contributed by atoms with Crippen molar-refractivity contribution in [3.05, 3.63) is 0 Å². The highest BCUT2D eigenvalue weighted by Gasteiger charge is 1.89. The molecular formula is C17H24O5. The Bertz CT molecular complexity index is 414. The molecule has 0 saturated carbocycles. The van der Waals surface area contributed by atoms with E-state index >= 15 is 0 Å². The van der Waals surface area contributed by atoms with Gasteiger partial charge in [-0.15, -0.1) is 5.92 Å². The SMILES string of the molecule is CC#CCOCC#CCOCCOCCOCC#CCOC. The lowest BCUT2D eigenvalue weighted by Gasteiger charge is -2.03. The molecule has 0 radical (unpaired) electrons. The van der Waals surface area contributed by atoms with E-state index in [1.165, 1.54) is 0 Å². The van der Waals surface area contributed by atoms with Gasteiger partial charge in [0.05, 0.1) is 26.4 Å². The maximum absolute atomic E-state index is 5.32. The average Bonchev–Trinajstić information content (AvgIpc) is 2.54. The van der Waals surface area contributed by atoms with Crippen LogP contribution in [0.5, 0.6) is 0 Å². The largest absolute Gasteiger partial charge is 0.377 e. The minimum Gasteiger partial charge on any atom is -0.377 e. The van der Waals surface area contributed by atoms with Crippen LogP contribution in [0.25, 0.3) is 0 Å². The number of hydrogen-bond acceptors (Lipinski definition) is 5. The zero-order chi connectivity index (χ0) is 16.1. The standard InChI is InChI=1S/C17H24O5/c1-3-4-10-19-11-7-8-13-21-15-17-22-16-14-20-12-6-5-9-18-2/h9-17H2,1-2H3. The van der Waals surface area contributed by atoms with E-state index in [-0.39, 0.29) is 0 Å². The summed E-state index contributed by atoms with van der Waals surface area (Å²) in [6.07, 6.45) is 0. The molecule has 0 aromatic rings. The van der Waals surface area contributed by atoms with Crippen molar-refractivity contribution in [2.75, 3.05) is 66.6 Å². The first-order chi connectivity index (χ1) is 10.9. The molecule has 0 aliphatic heterocycles. The number of methoxy groups -OCH3 is 1. The van der Waals surface area contributed by atoms with Crippen LogP contribution in [-0.2, 0) is 23.7 Å². The van der Waals surface area contributed by atoms with Crippen LogP contribution < -0.4 is 0 Å². The lowest BCUT2D eigenvalue weighted by atomic mass is 10.6. The molecule has 0 bridgehead atoms. The van der Waals surface area contributed by atoms with E-state index in [9.17, 15) is 0 Å². The predicted octanol–water partition coefficient (Wildman–Crippen LogP) is 0.729. The first-order valence-corrected chi connectivity index (χ1v) is 7.02. The van der Waals surface area contributed by atoms with Crippen LogP contribution in [0.15, 0.2) is 0 Å². The van der Waals surface area contributed by atoms with Crippen molar-refractivity contribution in [3.8, 4) is 35.5 Å². The van der Waals surface area contributed by atoms with Gasteiger partial charge in [0.1, 0.15) is 33.0 Å². The Labute approximate surface area is 133 Å². The molecule has 0 aromatic carbocycles.